The predicted octanol–water partition coefficient (Wildman–Crippen LogP) is 1.56. The van der Waals surface area contributed by atoms with Crippen LogP contribution in [0.5, 0.6) is 0 Å². The number of urea groups is 1. The minimum absolute atomic E-state index is 0.0320. The van der Waals surface area contributed by atoms with Gasteiger partial charge < -0.3 is 20.4 Å². The molecule has 0 bridgehead atoms. The molecule has 4 rings (SSSR count). The normalized spacial score (nSPS) is 28.6. The Kier molecular flexibility index (Phi) is 5.15. The molecule has 0 aromatic heterocycles. The summed E-state index contributed by atoms with van der Waals surface area (Å²) in [6, 6.07) is 1.16. The molecule has 0 spiro atoms. The van der Waals surface area contributed by atoms with E-state index in [0.717, 1.165) is 57.9 Å². The summed E-state index contributed by atoms with van der Waals surface area (Å²) in [6.07, 6.45) is 9.15. The number of rotatable bonds is 5. The second-order valence-corrected chi connectivity index (χ2v) is 8.46. The van der Waals surface area contributed by atoms with Crippen molar-refractivity contribution in [2.45, 2.75) is 63.5 Å². The first-order valence-corrected chi connectivity index (χ1v) is 10.3. The van der Waals surface area contributed by atoms with Crippen LogP contribution in [0.15, 0.2) is 0 Å². The molecule has 6 nitrogen and oxygen atoms in total. The van der Waals surface area contributed by atoms with Crippen LogP contribution in [0.1, 0.15) is 51.4 Å². The molecule has 2 heterocycles. The van der Waals surface area contributed by atoms with Crippen molar-refractivity contribution < 1.29 is 9.59 Å². The van der Waals surface area contributed by atoms with Crippen LogP contribution >= 0.6 is 0 Å². The Labute approximate surface area is 150 Å². The van der Waals surface area contributed by atoms with Gasteiger partial charge in [0.2, 0.25) is 5.91 Å². The van der Waals surface area contributed by atoms with Gasteiger partial charge in [-0.15, -0.1) is 0 Å². The van der Waals surface area contributed by atoms with Crippen LogP contribution in [-0.2, 0) is 4.79 Å². The number of hydrogen-bond acceptors (Lipinski definition) is 3. The first-order chi connectivity index (χ1) is 12.2. The van der Waals surface area contributed by atoms with Crippen LogP contribution in [0.4, 0.5) is 4.79 Å². The molecule has 6 heteroatoms. The molecular formula is C19H32N4O2. The summed E-state index contributed by atoms with van der Waals surface area (Å²) >= 11 is 0. The fraction of sp³-hybridized carbons (Fsp3) is 0.895. The SMILES string of the molecule is O=C(NCC1CC1)[C@@H]1CCCN(C(=O)NC2CCN(C3CC3)CC2)C1. The van der Waals surface area contributed by atoms with Crippen molar-refractivity contribution in [1.29, 1.82) is 0 Å². The maximum absolute atomic E-state index is 12.6. The quantitative estimate of drug-likeness (QED) is 0.792. The van der Waals surface area contributed by atoms with Crippen molar-refractivity contribution in [3.8, 4) is 0 Å². The topological polar surface area (TPSA) is 64.7 Å². The van der Waals surface area contributed by atoms with Crippen LogP contribution in [0.3, 0.4) is 0 Å². The van der Waals surface area contributed by atoms with E-state index in [2.05, 4.69) is 15.5 Å². The fourth-order valence-corrected chi connectivity index (χ4v) is 4.20. The Hall–Kier alpha value is -1.30. The molecule has 140 valence electrons. The molecule has 0 aromatic rings. The molecule has 0 radical (unpaired) electrons. The van der Waals surface area contributed by atoms with Crippen LogP contribution < -0.4 is 10.6 Å². The largest absolute Gasteiger partial charge is 0.356 e. The van der Waals surface area contributed by atoms with Crippen LogP contribution in [0.2, 0.25) is 0 Å². The molecule has 2 aliphatic heterocycles. The number of likely N-dealkylation sites (tertiary alicyclic amines) is 2. The Bertz CT molecular complexity index is 496. The zero-order chi connectivity index (χ0) is 17.2. The maximum Gasteiger partial charge on any atom is 0.317 e. The van der Waals surface area contributed by atoms with E-state index in [1.165, 1.54) is 25.7 Å². The Morgan fingerprint density at radius 1 is 0.920 bits per heavy atom. The number of amides is 3. The van der Waals surface area contributed by atoms with E-state index in [-0.39, 0.29) is 17.9 Å². The fourth-order valence-electron chi connectivity index (χ4n) is 4.20. The second kappa shape index (κ2) is 7.52. The van der Waals surface area contributed by atoms with Crippen molar-refractivity contribution in [3.05, 3.63) is 0 Å². The third-order valence-corrected chi connectivity index (χ3v) is 6.26. The van der Waals surface area contributed by atoms with Gasteiger partial charge in [0.1, 0.15) is 0 Å². The maximum atomic E-state index is 12.6. The molecule has 0 aromatic carbocycles. The summed E-state index contributed by atoms with van der Waals surface area (Å²) in [5.41, 5.74) is 0. The van der Waals surface area contributed by atoms with Gasteiger partial charge in [-0.3, -0.25) is 4.79 Å². The van der Waals surface area contributed by atoms with E-state index in [1.54, 1.807) is 0 Å². The van der Waals surface area contributed by atoms with Crippen molar-refractivity contribution >= 4 is 11.9 Å². The zero-order valence-electron chi connectivity index (χ0n) is 15.2. The standard InChI is InChI=1S/C19H32N4O2/c24-18(20-12-14-3-4-14)15-2-1-9-23(13-15)19(25)21-16-7-10-22(11-8-16)17-5-6-17/h14-17H,1-13H2,(H,20,24)(H,21,25)/t15-/m1/s1. The minimum atomic E-state index is -0.0324. The van der Waals surface area contributed by atoms with Crippen LogP contribution in [0.25, 0.3) is 0 Å². The Morgan fingerprint density at radius 3 is 2.36 bits per heavy atom. The monoisotopic (exact) mass is 348 g/mol. The predicted molar refractivity (Wildman–Crippen MR) is 96.2 cm³/mol. The average Bonchev–Trinajstić information content (AvgIpc) is 3.54. The van der Waals surface area contributed by atoms with Gasteiger partial charge in [-0.1, -0.05) is 0 Å². The molecule has 2 N–H and O–H groups in total. The van der Waals surface area contributed by atoms with E-state index < -0.39 is 0 Å². The number of nitrogens with zero attached hydrogens (tertiary/aromatic N) is 2. The third kappa shape index (κ3) is 4.66. The van der Waals surface area contributed by atoms with E-state index in [1.807, 2.05) is 4.90 Å². The summed E-state index contributed by atoms with van der Waals surface area (Å²) in [5.74, 6) is 0.811. The Balaban J connectivity index is 1.20. The number of carbonyl (C=O) groups is 2. The molecule has 2 saturated heterocycles. The van der Waals surface area contributed by atoms with Gasteiger partial charge in [0, 0.05) is 44.8 Å². The summed E-state index contributed by atoms with van der Waals surface area (Å²) in [7, 11) is 0. The van der Waals surface area contributed by atoms with Crippen molar-refractivity contribution in [1.82, 2.24) is 20.4 Å². The molecular weight excluding hydrogens is 316 g/mol. The number of nitrogens with one attached hydrogen (secondary N) is 2. The molecule has 0 unspecified atom stereocenters. The minimum Gasteiger partial charge on any atom is -0.356 e. The van der Waals surface area contributed by atoms with Gasteiger partial charge in [0.15, 0.2) is 0 Å². The van der Waals surface area contributed by atoms with Gasteiger partial charge in [-0.25, -0.2) is 4.79 Å². The lowest BCUT2D eigenvalue weighted by atomic mass is 9.97. The molecule has 2 aliphatic carbocycles. The zero-order valence-corrected chi connectivity index (χ0v) is 15.2. The first kappa shape index (κ1) is 17.1. The highest BCUT2D eigenvalue weighted by atomic mass is 16.2. The summed E-state index contributed by atoms with van der Waals surface area (Å²) in [6.45, 7) is 4.40. The van der Waals surface area contributed by atoms with E-state index in [9.17, 15) is 9.59 Å². The lowest BCUT2D eigenvalue weighted by Gasteiger charge is -2.36. The van der Waals surface area contributed by atoms with Gasteiger partial charge >= 0.3 is 6.03 Å². The highest BCUT2D eigenvalue weighted by molar-refractivity contribution is 5.81. The van der Waals surface area contributed by atoms with Gasteiger partial charge in [0.25, 0.3) is 0 Å². The summed E-state index contributed by atoms with van der Waals surface area (Å²) in [5, 5.41) is 6.29. The number of piperidine rings is 2. The van der Waals surface area contributed by atoms with E-state index in [0.29, 0.717) is 18.5 Å². The number of carbonyl (C=O) groups excluding carboxylic acids is 2. The highest BCUT2D eigenvalue weighted by Crippen LogP contribution is 2.29. The van der Waals surface area contributed by atoms with Gasteiger partial charge in [-0.2, -0.15) is 0 Å². The third-order valence-electron chi connectivity index (χ3n) is 6.26. The average molecular weight is 348 g/mol. The first-order valence-electron chi connectivity index (χ1n) is 10.3. The molecule has 2 saturated carbocycles. The number of hydrogen-bond donors (Lipinski definition) is 2. The molecule has 3 amide bonds. The molecule has 4 aliphatic rings. The molecule has 4 fully saturated rings. The van der Waals surface area contributed by atoms with Gasteiger partial charge in [0.05, 0.1) is 5.92 Å². The van der Waals surface area contributed by atoms with E-state index >= 15 is 0 Å². The molecule has 25 heavy (non-hydrogen) atoms. The lowest BCUT2D eigenvalue weighted by Crippen LogP contribution is -2.53. The van der Waals surface area contributed by atoms with Crippen molar-refractivity contribution in [2.24, 2.45) is 11.8 Å². The highest BCUT2D eigenvalue weighted by Gasteiger charge is 2.34. The van der Waals surface area contributed by atoms with Crippen LogP contribution in [0, 0.1) is 11.8 Å². The Morgan fingerprint density at radius 2 is 1.68 bits per heavy atom. The van der Waals surface area contributed by atoms with Crippen molar-refractivity contribution in [3.63, 3.8) is 0 Å². The van der Waals surface area contributed by atoms with Gasteiger partial charge in [-0.05, 0) is 57.3 Å². The van der Waals surface area contributed by atoms with E-state index in [4.69, 9.17) is 0 Å². The van der Waals surface area contributed by atoms with Crippen molar-refractivity contribution in [2.75, 3.05) is 32.7 Å². The summed E-state index contributed by atoms with van der Waals surface area (Å²) < 4.78 is 0. The lowest BCUT2D eigenvalue weighted by molar-refractivity contribution is -0.126. The van der Waals surface area contributed by atoms with Crippen LogP contribution in [-0.4, -0.2) is 66.5 Å². The smallest absolute Gasteiger partial charge is 0.317 e. The molecule has 1 atom stereocenters. The second-order valence-electron chi connectivity index (χ2n) is 8.46. The summed E-state index contributed by atoms with van der Waals surface area (Å²) in [4.78, 5) is 29.4.